The largest absolute Gasteiger partial charge is 0.469 e. The van der Waals surface area contributed by atoms with E-state index < -0.39 is 7.14 Å². The fourth-order valence-electron chi connectivity index (χ4n) is 2.64. The highest BCUT2D eigenvalue weighted by Gasteiger charge is 2.35. The van der Waals surface area contributed by atoms with Gasteiger partial charge in [-0.15, -0.1) is 0 Å². The molecular weight excluding hydrogens is 307 g/mol. The Morgan fingerprint density at radius 3 is 1.70 bits per heavy atom. The first kappa shape index (κ1) is 17.5. The van der Waals surface area contributed by atoms with Crippen molar-refractivity contribution in [2.75, 3.05) is 7.11 Å². The lowest BCUT2D eigenvalue weighted by Crippen LogP contribution is -2.26. The van der Waals surface area contributed by atoms with Gasteiger partial charge in [-0.05, 0) is 13.8 Å². The van der Waals surface area contributed by atoms with Crippen LogP contribution in [-0.4, -0.2) is 18.7 Å². The molecule has 2 rings (SSSR count). The molecule has 0 aliphatic rings. The topological polar surface area (TPSA) is 43.4 Å². The van der Waals surface area contributed by atoms with Crippen LogP contribution >= 0.6 is 7.14 Å². The molecule has 0 fully saturated rings. The molecule has 2 aromatic carbocycles. The summed E-state index contributed by atoms with van der Waals surface area (Å²) in [5.74, 6) is -0.336. The van der Waals surface area contributed by atoms with Crippen molar-refractivity contribution in [1.82, 2.24) is 0 Å². The van der Waals surface area contributed by atoms with E-state index in [9.17, 15) is 9.36 Å². The van der Waals surface area contributed by atoms with Gasteiger partial charge in [0.1, 0.15) is 7.14 Å². The fraction of sp³-hybridized carbons (Fsp3) is 0.316. The molecule has 0 N–H and O–H groups in total. The zero-order valence-electron chi connectivity index (χ0n) is 14.1. The molecule has 0 aromatic heterocycles. The molecule has 2 aromatic rings. The molecular formula is C19H23O3P. The molecule has 0 aliphatic heterocycles. The van der Waals surface area contributed by atoms with Gasteiger partial charge >= 0.3 is 5.97 Å². The molecule has 1 unspecified atom stereocenters. The monoisotopic (exact) mass is 330 g/mol. The van der Waals surface area contributed by atoms with Crippen molar-refractivity contribution in [3.63, 3.8) is 0 Å². The van der Waals surface area contributed by atoms with E-state index in [4.69, 9.17) is 4.74 Å². The van der Waals surface area contributed by atoms with Gasteiger partial charge in [-0.3, -0.25) is 4.79 Å². The summed E-state index contributed by atoms with van der Waals surface area (Å²) in [6.07, 6.45) is 0.134. The molecule has 0 heterocycles. The van der Waals surface area contributed by atoms with Crippen LogP contribution in [0.5, 0.6) is 0 Å². The Kier molecular flexibility index (Phi) is 5.43. The summed E-state index contributed by atoms with van der Waals surface area (Å²) in [4.78, 5) is 11.7. The Morgan fingerprint density at radius 1 is 0.957 bits per heavy atom. The molecule has 0 radical (unpaired) electrons. The number of rotatable bonds is 5. The molecule has 3 nitrogen and oxygen atoms in total. The minimum atomic E-state index is -2.92. The highest BCUT2D eigenvalue weighted by molar-refractivity contribution is 7.79. The predicted molar refractivity (Wildman–Crippen MR) is 95.3 cm³/mol. The number of carbonyl (C=O) groups is 1. The van der Waals surface area contributed by atoms with Crippen LogP contribution in [0.4, 0.5) is 0 Å². The maximum absolute atomic E-state index is 14.0. The average Bonchev–Trinajstić information content (AvgIpc) is 2.55. The lowest BCUT2D eigenvalue weighted by atomic mass is 10.2. The molecule has 0 amide bonds. The highest BCUT2D eigenvalue weighted by Crippen LogP contribution is 2.49. The zero-order valence-corrected chi connectivity index (χ0v) is 15.0. The Bertz CT molecular complexity index is 668. The summed E-state index contributed by atoms with van der Waals surface area (Å²) in [5, 5.41) is 1.56. The number of methoxy groups -OCH3 is 1. The van der Waals surface area contributed by atoms with Gasteiger partial charge in [0.15, 0.2) is 0 Å². The van der Waals surface area contributed by atoms with Crippen LogP contribution in [0.3, 0.4) is 0 Å². The van der Waals surface area contributed by atoms with Crippen LogP contribution in [0.2, 0.25) is 0 Å². The van der Waals surface area contributed by atoms with Crippen LogP contribution in [0, 0.1) is 13.8 Å². The molecule has 0 bridgehead atoms. The SMILES string of the molecule is COC(=O)CC(C)P(=O)(c1ccc(C)cc1)c1ccc(C)cc1. The van der Waals surface area contributed by atoms with E-state index in [1.807, 2.05) is 69.3 Å². The van der Waals surface area contributed by atoms with Gasteiger partial charge in [-0.25, -0.2) is 0 Å². The highest BCUT2D eigenvalue weighted by atomic mass is 31.2. The maximum Gasteiger partial charge on any atom is 0.306 e. The Morgan fingerprint density at radius 2 is 1.35 bits per heavy atom. The van der Waals surface area contributed by atoms with E-state index in [0.717, 1.165) is 21.7 Å². The van der Waals surface area contributed by atoms with Gasteiger partial charge in [0, 0.05) is 16.3 Å². The summed E-state index contributed by atoms with van der Waals surface area (Å²) >= 11 is 0. The van der Waals surface area contributed by atoms with Gasteiger partial charge in [-0.2, -0.15) is 0 Å². The standard InChI is InChI=1S/C19H23O3P/c1-14-5-9-17(10-6-14)23(21,16(3)13-19(20)22-4)18-11-7-15(2)8-12-18/h5-12,16H,13H2,1-4H3. The Balaban J connectivity index is 2.54. The Hall–Kier alpha value is -1.86. The van der Waals surface area contributed by atoms with Crippen LogP contribution in [0.25, 0.3) is 0 Å². The van der Waals surface area contributed by atoms with Crippen molar-refractivity contribution in [2.45, 2.75) is 32.9 Å². The van der Waals surface area contributed by atoms with Crippen molar-refractivity contribution < 1.29 is 14.1 Å². The van der Waals surface area contributed by atoms with E-state index in [-0.39, 0.29) is 18.0 Å². The first-order chi connectivity index (χ1) is 10.9. The third kappa shape index (κ3) is 3.73. The van der Waals surface area contributed by atoms with Crippen molar-refractivity contribution >= 4 is 23.7 Å². The molecule has 0 saturated carbocycles. The lowest BCUT2D eigenvalue weighted by molar-refractivity contribution is -0.140. The smallest absolute Gasteiger partial charge is 0.306 e. The quantitative estimate of drug-likeness (QED) is 0.622. The lowest BCUT2D eigenvalue weighted by Gasteiger charge is -2.25. The van der Waals surface area contributed by atoms with Crippen molar-refractivity contribution in [3.05, 3.63) is 59.7 Å². The van der Waals surface area contributed by atoms with E-state index >= 15 is 0 Å². The van der Waals surface area contributed by atoms with Gasteiger partial charge in [-0.1, -0.05) is 66.6 Å². The number of aryl methyl sites for hydroxylation is 2. The second-order valence-corrected chi connectivity index (χ2v) is 9.19. The number of esters is 1. The number of benzene rings is 2. The second-order valence-electron chi connectivity index (χ2n) is 5.96. The first-order valence-corrected chi connectivity index (χ1v) is 9.46. The molecule has 4 heteroatoms. The third-order valence-corrected chi connectivity index (χ3v) is 7.70. The number of carbonyl (C=O) groups excluding carboxylic acids is 1. The first-order valence-electron chi connectivity index (χ1n) is 7.69. The minimum absolute atomic E-state index is 0.134. The van der Waals surface area contributed by atoms with E-state index in [1.54, 1.807) is 0 Å². The zero-order chi connectivity index (χ0) is 17.0. The minimum Gasteiger partial charge on any atom is -0.469 e. The normalized spacial score (nSPS) is 12.7. The van der Waals surface area contributed by atoms with Gasteiger partial charge < -0.3 is 9.30 Å². The molecule has 1 atom stereocenters. The van der Waals surface area contributed by atoms with Crippen LogP contribution in [0.15, 0.2) is 48.5 Å². The van der Waals surface area contributed by atoms with E-state index in [1.165, 1.54) is 7.11 Å². The fourth-order valence-corrected chi connectivity index (χ4v) is 5.55. The van der Waals surface area contributed by atoms with Crippen LogP contribution in [0.1, 0.15) is 24.5 Å². The number of hydrogen-bond acceptors (Lipinski definition) is 3. The summed E-state index contributed by atoms with van der Waals surface area (Å²) in [5.41, 5.74) is 1.91. The Labute approximate surface area is 138 Å². The van der Waals surface area contributed by atoms with Crippen LogP contribution in [-0.2, 0) is 14.1 Å². The van der Waals surface area contributed by atoms with Crippen LogP contribution < -0.4 is 10.6 Å². The average molecular weight is 330 g/mol. The van der Waals surface area contributed by atoms with Crippen molar-refractivity contribution in [2.24, 2.45) is 0 Å². The summed E-state index contributed by atoms with van der Waals surface area (Å²) < 4.78 is 18.7. The van der Waals surface area contributed by atoms with Crippen molar-refractivity contribution in [3.8, 4) is 0 Å². The second kappa shape index (κ2) is 7.14. The van der Waals surface area contributed by atoms with Crippen molar-refractivity contribution in [1.29, 1.82) is 0 Å². The molecule has 0 saturated heterocycles. The van der Waals surface area contributed by atoms with E-state index in [0.29, 0.717) is 0 Å². The maximum atomic E-state index is 14.0. The molecule has 122 valence electrons. The number of hydrogen-bond donors (Lipinski definition) is 0. The third-order valence-electron chi connectivity index (χ3n) is 4.15. The molecule has 23 heavy (non-hydrogen) atoms. The molecule has 0 spiro atoms. The van der Waals surface area contributed by atoms with E-state index in [2.05, 4.69) is 0 Å². The van der Waals surface area contributed by atoms with Gasteiger partial charge in [0.05, 0.1) is 13.5 Å². The summed E-state index contributed by atoms with van der Waals surface area (Å²) in [6, 6.07) is 15.5. The molecule has 0 aliphatic carbocycles. The van der Waals surface area contributed by atoms with Gasteiger partial charge in [0.2, 0.25) is 0 Å². The predicted octanol–water partition coefficient (Wildman–Crippen LogP) is 3.57. The summed E-state index contributed by atoms with van der Waals surface area (Å²) in [7, 11) is -1.56. The van der Waals surface area contributed by atoms with Gasteiger partial charge in [0.25, 0.3) is 0 Å². The summed E-state index contributed by atoms with van der Waals surface area (Å²) in [6.45, 7) is 5.86. The number of ether oxygens (including phenoxy) is 1.